The van der Waals surface area contributed by atoms with Crippen molar-refractivity contribution >= 4 is 11.6 Å². The van der Waals surface area contributed by atoms with E-state index in [0.717, 1.165) is 24.2 Å². The van der Waals surface area contributed by atoms with E-state index in [2.05, 4.69) is 29.3 Å². The van der Waals surface area contributed by atoms with Gasteiger partial charge in [0, 0.05) is 24.8 Å². The van der Waals surface area contributed by atoms with E-state index in [9.17, 15) is 4.79 Å². The van der Waals surface area contributed by atoms with Gasteiger partial charge in [0.25, 0.3) is 0 Å². The Morgan fingerprint density at radius 2 is 2.05 bits per heavy atom. The first kappa shape index (κ1) is 13.9. The van der Waals surface area contributed by atoms with Crippen LogP contribution < -0.4 is 16.0 Å². The largest absolute Gasteiger partial charge is 0.359 e. The predicted molar refractivity (Wildman–Crippen MR) is 78.0 cm³/mol. The van der Waals surface area contributed by atoms with E-state index < -0.39 is 0 Å². The van der Waals surface area contributed by atoms with E-state index in [1.54, 1.807) is 0 Å². The molecule has 0 atom stereocenters. The molecule has 1 aromatic rings. The Balaban J connectivity index is 2.00. The van der Waals surface area contributed by atoms with Crippen molar-refractivity contribution in [1.82, 2.24) is 5.32 Å². The number of carbonyl (C=O) groups excluding carboxylic acids is 1. The fourth-order valence-corrected chi connectivity index (χ4v) is 2.12. The zero-order valence-electron chi connectivity index (χ0n) is 11.6. The maximum Gasteiger partial charge on any atom is 0.239 e. The topological polar surface area (TPSA) is 58.4 Å². The first-order chi connectivity index (χ1) is 9.24. The molecule has 2 rings (SSSR count). The fraction of sp³-hybridized carbons (Fsp3) is 0.533. The minimum absolute atomic E-state index is 0.108. The molecule has 1 aromatic carbocycles. The van der Waals surface area contributed by atoms with Crippen LogP contribution in [0.3, 0.4) is 0 Å². The summed E-state index contributed by atoms with van der Waals surface area (Å²) < 4.78 is 0. The summed E-state index contributed by atoms with van der Waals surface area (Å²) in [6.07, 6.45) is 3.33. The highest BCUT2D eigenvalue weighted by Crippen LogP contribution is 2.31. The molecule has 0 saturated heterocycles. The molecule has 1 saturated carbocycles. The van der Waals surface area contributed by atoms with Gasteiger partial charge in [-0.3, -0.25) is 4.79 Å². The van der Waals surface area contributed by atoms with Crippen LogP contribution in [0, 0.1) is 0 Å². The first-order valence-corrected chi connectivity index (χ1v) is 7.07. The molecule has 1 aliphatic carbocycles. The van der Waals surface area contributed by atoms with Crippen LogP contribution in [0.2, 0.25) is 0 Å². The molecule has 0 aliphatic heterocycles. The second kappa shape index (κ2) is 6.57. The van der Waals surface area contributed by atoms with Crippen LogP contribution >= 0.6 is 0 Å². The summed E-state index contributed by atoms with van der Waals surface area (Å²) in [4.78, 5) is 14.1. The number of anilines is 1. The third-order valence-corrected chi connectivity index (χ3v) is 3.38. The van der Waals surface area contributed by atoms with Crippen LogP contribution in [0.25, 0.3) is 0 Å². The van der Waals surface area contributed by atoms with Gasteiger partial charge in [0.2, 0.25) is 5.91 Å². The average molecular weight is 261 g/mol. The molecule has 104 valence electrons. The minimum Gasteiger partial charge on any atom is -0.359 e. The lowest BCUT2D eigenvalue weighted by atomic mass is 10.2. The number of nitrogens with two attached hydrogens (primary N) is 1. The number of rotatable bonds is 7. The number of nitrogens with zero attached hydrogens (tertiary/aromatic N) is 1. The zero-order valence-corrected chi connectivity index (χ0v) is 11.6. The lowest BCUT2D eigenvalue weighted by molar-refractivity contribution is -0.119. The van der Waals surface area contributed by atoms with Crippen molar-refractivity contribution in [2.24, 2.45) is 5.73 Å². The molecule has 0 heterocycles. The molecule has 0 spiro atoms. The molecule has 1 fully saturated rings. The van der Waals surface area contributed by atoms with Crippen LogP contribution in [-0.4, -0.2) is 25.0 Å². The smallest absolute Gasteiger partial charge is 0.239 e. The second-order valence-corrected chi connectivity index (χ2v) is 5.08. The van der Waals surface area contributed by atoms with E-state index in [0.29, 0.717) is 19.1 Å². The summed E-state index contributed by atoms with van der Waals surface area (Å²) in [6.45, 7) is 3.82. The molecule has 0 bridgehead atoms. The van der Waals surface area contributed by atoms with Crippen molar-refractivity contribution in [2.45, 2.75) is 38.8 Å². The number of benzene rings is 1. The Bertz CT molecular complexity index is 412. The summed E-state index contributed by atoms with van der Waals surface area (Å²) in [5, 5.41) is 2.94. The van der Waals surface area contributed by atoms with Crippen molar-refractivity contribution < 1.29 is 4.79 Å². The van der Waals surface area contributed by atoms with E-state index in [1.165, 1.54) is 12.8 Å². The molecule has 1 aliphatic rings. The molecule has 0 radical (unpaired) electrons. The van der Waals surface area contributed by atoms with Gasteiger partial charge in [0.05, 0.1) is 6.54 Å². The summed E-state index contributed by atoms with van der Waals surface area (Å²) >= 11 is 0. The molecule has 4 heteroatoms. The predicted octanol–water partition coefficient (Wildman–Crippen LogP) is 1.64. The van der Waals surface area contributed by atoms with Crippen molar-refractivity contribution in [3.8, 4) is 0 Å². The lowest BCUT2D eigenvalue weighted by Crippen LogP contribution is -2.38. The molecular weight excluding hydrogens is 238 g/mol. The second-order valence-electron chi connectivity index (χ2n) is 5.08. The number of hydrogen-bond donors (Lipinski definition) is 2. The Morgan fingerprint density at radius 3 is 2.58 bits per heavy atom. The van der Waals surface area contributed by atoms with Gasteiger partial charge in [-0.1, -0.05) is 19.1 Å². The molecule has 4 nitrogen and oxygen atoms in total. The fourth-order valence-electron chi connectivity index (χ4n) is 2.12. The van der Waals surface area contributed by atoms with Crippen molar-refractivity contribution in [3.63, 3.8) is 0 Å². The first-order valence-electron chi connectivity index (χ1n) is 7.07. The Labute approximate surface area is 115 Å². The maximum atomic E-state index is 11.9. The van der Waals surface area contributed by atoms with Gasteiger partial charge >= 0.3 is 0 Å². The number of carbonyl (C=O) groups is 1. The van der Waals surface area contributed by atoms with Crippen molar-refractivity contribution in [1.29, 1.82) is 0 Å². The third kappa shape index (κ3) is 3.96. The highest BCUT2D eigenvalue weighted by atomic mass is 16.2. The minimum atomic E-state index is 0.108. The highest BCUT2D eigenvalue weighted by Gasteiger charge is 2.30. The quantitative estimate of drug-likeness (QED) is 0.784. The molecule has 0 aromatic heterocycles. The molecule has 19 heavy (non-hydrogen) atoms. The normalized spacial score (nSPS) is 14.2. The average Bonchev–Trinajstić information content (AvgIpc) is 3.27. The molecule has 1 amide bonds. The van der Waals surface area contributed by atoms with Crippen molar-refractivity contribution in [2.75, 3.05) is 18.0 Å². The standard InChI is InChI=1S/C15H23N3O/c1-2-9-17-15(19)11-18(14-7-8-14)13-5-3-12(10-16)4-6-13/h3-6,14H,2,7-11,16H2,1H3,(H,17,19). The van der Waals surface area contributed by atoms with Crippen LogP contribution in [0.5, 0.6) is 0 Å². The lowest BCUT2D eigenvalue weighted by Gasteiger charge is -2.24. The van der Waals surface area contributed by atoms with Crippen LogP contribution in [0.15, 0.2) is 24.3 Å². The van der Waals surface area contributed by atoms with Gasteiger partial charge in [-0.15, -0.1) is 0 Å². The van der Waals surface area contributed by atoms with E-state index in [4.69, 9.17) is 5.73 Å². The van der Waals surface area contributed by atoms with Crippen LogP contribution in [0.4, 0.5) is 5.69 Å². The Morgan fingerprint density at radius 1 is 1.37 bits per heavy atom. The summed E-state index contributed by atoms with van der Waals surface area (Å²) in [7, 11) is 0. The van der Waals surface area contributed by atoms with E-state index >= 15 is 0 Å². The maximum absolute atomic E-state index is 11.9. The highest BCUT2D eigenvalue weighted by molar-refractivity contribution is 5.81. The van der Waals surface area contributed by atoms with Crippen LogP contribution in [-0.2, 0) is 11.3 Å². The van der Waals surface area contributed by atoms with Gasteiger partial charge in [0.15, 0.2) is 0 Å². The van der Waals surface area contributed by atoms with Gasteiger partial charge < -0.3 is 16.0 Å². The van der Waals surface area contributed by atoms with E-state index in [1.807, 2.05) is 12.1 Å². The number of amides is 1. The molecular formula is C15H23N3O. The van der Waals surface area contributed by atoms with Gasteiger partial charge in [0.1, 0.15) is 0 Å². The zero-order chi connectivity index (χ0) is 13.7. The van der Waals surface area contributed by atoms with Gasteiger partial charge in [-0.25, -0.2) is 0 Å². The number of nitrogens with one attached hydrogen (secondary N) is 1. The monoisotopic (exact) mass is 261 g/mol. The Hall–Kier alpha value is -1.55. The van der Waals surface area contributed by atoms with Crippen molar-refractivity contribution in [3.05, 3.63) is 29.8 Å². The summed E-state index contributed by atoms with van der Waals surface area (Å²) in [5.41, 5.74) is 7.84. The molecule has 0 unspecified atom stereocenters. The third-order valence-electron chi connectivity index (χ3n) is 3.38. The summed E-state index contributed by atoms with van der Waals surface area (Å²) in [6, 6.07) is 8.72. The summed E-state index contributed by atoms with van der Waals surface area (Å²) in [5.74, 6) is 0.108. The SMILES string of the molecule is CCCNC(=O)CN(c1ccc(CN)cc1)C1CC1. The van der Waals surface area contributed by atoms with Crippen LogP contribution in [0.1, 0.15) is 31.7 Å². The Kier molecular flexibility index (Phi) is 4.80. The van der Waals surface area contributed by atoms with Gasteiger partial charge in [-0.05, 0) is 37.0 Å². The van der Waals surface area contributed by atoms with Gasteiger partial charge in [-0.2, -0.15) is 0 Å². The number of hydrogen-bond acceptors (Lipinski definition) is 3. The molecule has 3 N–H and O–H groups in total. The van der Waals surface area contributed by atoms with E-state index in [-0.39, 0.29) is 5.91 Å².